The van der Waals surface area contributed by atoms with Gasteiger partial charge in [-0.15, -0.1) is 0 Å². The molecule has 1 aliphatic rings. The molecule has 1 atom stereocenters. The molecule has 0 N–H and O–H groups in total. The molecule has 42 heavy (non-hydrogen) atoms. The number of pyridine rings is 1. The summed E-state index contributed by atoms with van der Waals surface area (Å²) < 4.78 is 7.82. The van der Waals surface area contributed by atoms with Gasteiger partial charge >= 0.3 is 0 Å². The molecule has 0 saturated carbocycles. The molecule has 7 rings (SSSR count). The number of hydrogen-bond acceptors (Lipinski definition) is 4. The number of rotatable bonds is 7. The smallest absolute Gasteiger partial charge is 0.138 e. The molecule has 2 aromatic heterocycles. The van der Waals surface area contributed by atoms with Crippen LogP contribution in [0.25, 0.3) is 22.0 Å². The van der Waals surface area contributed by atoms with Gasteiger partial charge in [0.1, 0.15) is 5.54 Å². The van der Waals surface area contributed by atoms with Crippen LogP contribution in [0.2, 0.25) is 0 Å². The molecule has 3 heterocycles. The third-order valence-corrected chi connectivity index (χ3v) is 8.67. The highest BCUT2D eigenvalue weighted by Crippen LogP contribution is 2.42. The first-order valence-corrected chi connectivity index (χ1v) is 14.6. The van der Waals surface area contributed by atoms with Crippen LogP contribution in [-0.4, -0.2) is 41.1 Å². The molecule has 0 spiro atoms. The Labute approximate surface area is 247 Å². The minimum Gasteiger partial charge on any atom is -0.380 e. The molecule has 6 aromatic rings. The van der Waals surface area contributed by atoms with Gasteiger partial charge < -0.3 is 9.64 Å². The van der Waals surface area contributed by atoms with E-state index < -0.39 is 5.54 Å². The average Bonchev–Trinajstić information content (AvgIpc) is 3.69. The number of methoxy groups -OCH3 is 1. The van der Waals surface area contributed by atoms with Crippen molar-refractivity contribution in [2.45, 2.75) is 25.0 Å². The second kappa shape index (κ2) is 10.9. The molecule has 208 valence electrons. The summed E-state index contributed by atoms with van der Waals surface area (Å²) in [6, 6.07) is 40.8. The van der Waals surface area contributed by atoms with Gasteiger partial charge in [0.15, 0.2) is 0 Å². The minimum absolute atomic E-state index is 0.263. The molecule has 5 heteroatoms. The van der Waals surface area contributed by atoms with Crippen LogP contribution >= 0.6 is 0 Å². The Morgan fingerprint density at radius 2 is 1.40 bits per heavy atom. The molecule has 1 unspecified atom stereocenters. The van der Waals surface area contributed by atoms with Crippen molar-refractivity contribution < 1.29 is 4.74 Å². The SMILES string of the molecule is COC1CCN(c2ccnc3ccc(-c4cn(C(c5ccccc5)(c5ccccc5)c5ccccc5)nc4C)cc23)C1. The van der Waals surface area contributed by atoms with Gasteiger partial charge in [0, 0.05) is 49.2 Å². The van der Waals surface area contributed by atoms with Crippen LogP contribution in [0.5, 0.6) is 0 Å². The predicted molar refractivity (Wildman–Crippen MR) is 170 cm³/mol. The van der Waals surface area contributed by atoms with Gasteiger partial charge in [-0.05, 0) is 53.8 Å². The number of hydrogen-bond donors (Lipinski definition) is 0. The average molecular weight is 551 g/mol. The summed E-state index contributed by atoms with van der Waals surface area (Å²) in [4.78, 5) is 7.11. The van der Waals surface area contributed by atoms with Crippen molar-refractivity contribution in [2.24, 2.45) is 0 Å². The molecular formula is C37H34N4O. The number of anilines is 1. The quantitative estimate of drug-likeness (QED) is 0.193. The zero-order chi connectivity index (χ0) is 28.5. The van der Waals surface area contributed by atoms with Gasteiger partial charge in [0.2, 0.25) is 0 Å². The van der Waals surface area contributed by atoms with Gasteiger partial charge in [0.05, 0.1) is 17.3 Å². The maximum absolute atomic E-state index is 5.66. The van der Waals surface area contributed by atoms with Crippen molar-refractivity contribution in [3.63, 3.8) is 0 Å². The third-order valence-electron chi connectivity index (χ3n) is 8.67. The van der Waals surface area contributed by atoms with Crippen molar-refractivity contribution in [3.05, 3.63) is 150 Å². The van der Waals surface area contributed by atoms with Gasteiger partial charge in [-0.3, -0.25) is 9.67 Å². The summed E-state index contributed by atoms with van der Waals surface area (Å²) in [5.74, 6) is 0. The van der Waals surface area contributed by atoms with Crippen molar-refractivity contribution in [2.75, 3.05) is 25.1 Å². The molecule has 4 aromatic carbocycles. The lowest BCUT2D eigenvalue weighted by Crippen LogP contribution is -2.38. The van der Waals surface area contributed by atoms with E-state index in [0.29, 0.717) is 0 Å². The van der Waals surface area contributed by atoms with E-state index in [0.717, 1.165) is 63.9 Å². The first-order valence-electron chi connectivity index (χ1n) is 14.6. The number of nitrogens with zero attached hydrogens (tertiary/aromatic N) is 4. The zero-order valence-electron chi connectivity index (χ0n) is 24.0. The van der Waals surface area contributed by atoms with E-state index in [2.05, 4.69) is 138 Å². The van der Waals surface area contributed by atoms with Crippen molar-refractivity contribution >= 4 is 16.6 Å². The molecule has 0 amide bonds. The summed E-state index contributed by atoms with van der Waals surface area (Å²) in [5, 5.41) is 6.42. The van der Waals surface area contributed by atoms with E-state index in [9.17, 15) is 0 Å². The summed E-state index contributed by atoms with van der Waals surface area (Å²) in [6.07, 6.45) is 5.43. The fraction of sp³-hybridized carbons (Fsp3) is 0.189. The Morgan fingerprint density at radius 1 is 0.786 bits per heavy atom. The highest BCUT2D eigenvalue weighted by Gasteiger charge is 2.39. The fourth-order valence-corrected chi connectivity index (χ4v) is 6.56. The van der Waals surface area contributed by atoms with Gasteiger partial charge in [0.25, 0.3) is 0 Å². The molecule has 5 nitrogen and oxygen atoms in total. The second-order valence-electron chi connectivity index (χ2n) is 11.0. The van der Waals surface area contributed by atoms with Crippen molar-refractivity contribution in [3.8, 4) is 11.1 Å². The number of aryl methyl sites for hydroxylation is 1. The maximum Gasteiger partial charge on any atom is 0.138 e. The van der Waals surface area contributed by atoms with Crippen LogP contribution in [-0.2, 0) is 10.3 Å². The van der Waals surface area contributed by atoms with Crippen LogP contribution in [0.4, 0.5) is 5.69 Å². The Kier molecular flexibility index (Phi) is 6.80. The molecule has 0 radical (unpaired) electrons. The van der Waals surface area contributed by atoms with Crippen molar-refractivity contribution in [1.29, 1.82) is 0 Å². The van der Waals surface area contributed by atoms with Crippen LogP contribution in [0, 0.1) is 6.92 Å². The largest absolute Gasteiger partial charge is 0.380 e. The predicted octanol–water partition coefficient (Wildman–Crippen LogP) is 7.47. The van der Waals surface area contributed by atoms with Crippen LogP contribution < -0.4 is 4.90 Å². The maximum atomic E-state index is 5.66. The van der Waals surface area contributed by atoms with Crippen molar-refractivity contribution in [1.82, 2.24) is 14.8 Å². The summed E-state index contributed by atoms with van der Waals surface area (Å²) in [7, 11) is 1.80. The Morgan fingerprint density at radius 3 is 1.98 bits per heavy atom. The lowest BCUT2D eigenvalue weighted by Gasteiger charge is -2.36. The summed E-state index contributed by atoms with van der Waals surface area (Å²) in [5.41, 5.74) is 8.23. The third kappa shape index (κ3) is 4.38. The molecule has 0 bridgehead atoms. The summed E-state index contributed by atoms with van der Waals surface area (Å²) in [6.45, 7) is 3.98. The number of ether oxygens (including phenoxy) is 1. The number of fused-ring (bicyclic) bond motifs is 1. The van der Waals surface area contributed by atoms with E-state index in [-0.39, 0.29) is 6.10 Å². The zero-order valence-corrected chi connectivity index (χ0v) is 24.0. The minimum atomic E-state index is -0.652. The number of aromatic nitrogens is 3. The first-order chi connectivity index (χ1) is 20.7. The van der Waals surface area contributed by atoms with E-state index in [1.54, 1.807) is 7.11 Å². The molecule has 0 aliphatic carbocycles. The normalized spacial score (nSPS) is 15.4. The monoisotopic (exact) mass is 550 g/mol. The van der Waals surface area contributed by atoms with E-state index >= 15 is 0 Å². The van der Waals surface area contributed by atoms with Crippen LogP contribution in [0.3, 0.4) is 0 Å². The Balaban J connectivity index is 1.42. The highest BCUT2D eigenvalue weighted by molar-refractivity contribution is 5.95. The summed E-state index contributed by atoms with van der Waals surface area (Å²) >= 11 is 0. The highest BCUT2D eigenvalue weighted by atomic mass is 16.5. The second-order valence-corrected chi connectivity index (χ2v) is 11.0. The topological polar surface area (TPSA) is 43.2 Å². The standard InChI is InChI=1S/C37H34N4O/c1-27-34(28-18-19-35-33(24-28)36(20-22-38-35)40-23-21-32(25-40)42-2)26-41(39-27)37(29-12-6-3-7-13-29,30-14-8-4-9-15-30)31-16-10-5-11-17-31/h3-20,22,24,26,32H,21,23,25H2,1-2H3. The Bertz CT molecular complexity index is 1720. The molecule has 1 fully saturated rings. The van der Waals surface area contributed by atoms with E-state index in [1.165, 1.54) is 5.69 Å². The molecule has 1 aliphatic heterocycles. The first kappa shape index (κ1) is 26.2. The van der Waals surface area contributed by atoms with E-state index in [1.807, 2.05) is 6.20 Å². The van der Waals surface area contributed by atoms with Gasteiger partial charge in [-0.1, -0.05) is 97.1 Å². The Hall–Kier alpha value is -4.74. The van der Waals surface area contributed by atoms with Gasteiger partial charge in [-0.2, -0.15) is 5.10 Å². The fourth-order valence-electron chi connectivity index (χ4n) is 6.56. The van der Waals surface area contributed by atoms with Crippen LogP contribution in [0.1, 0.15) is 28.8 Å². The van der Waals surface area contributed by atoms with Crippen LogP contribution in [0.15, 0.2) is 128 Å². The lowest BCUT2D eigenvalue weighted by atomic mass is 9.77. The van der Waals surface area contributed by atoms with Gasteiger partial charge in [-0.25, -0.2) is 0 Å². The lowest BCUT2D eigenvalue weighted by molar-refractivity contribution is 0.121. The molecule has 1 saturated heterocycles. The number of benzene rings is 4. The van der Waals surface area contributed by atoms with E-state index in [4.69, 9.17) is 14.8 Å². The molecular weight excluding hydrogens is 516 g/mol.